The first-order valence-corrected chi connectivity index (χ1v) is 18.1. The Morgan fingerprint density at radius 1 is 0.736 bits per heavy atom. The first-order valence-electron chi connectivity index (χ1n) is 18.1. The monoisotopic (exact) mass is 690 g/mol. The van der Waals surface area contributed by atoms with Crippen LogP contribution >= 0.6 is 0 Å². The fourth-order valence-electron chi connectivity index (χ4n) is 6.32. The third kappa shape index (κ3) is 8.99. The van der Waals surface area contributed by atoms with Gasteiger partial charge in [0.2, 0.25) is 0 Å². The molecule has 0 saturated carbocycles. The van der Waals surface area contributed by atoms with Gasteiger partial charge in [0.05, 0.1) is 16.6 Å². The maximum atomic E-state index is 8.76. The van der Waals surface area contributed by atoms with Gasteiger partial charge in [-0.25, -0.2) is 0 Å². The predicted molar refractivity (Wildman–Crippen MR) is 229 cm³/mol. The number of hydrogen-bond acceptors (Lipinski definition) is 3. The van der Waals surface area contributed by atoms with Crippen molar-refractivity contribution in [3.63, 3.8) is 0 Å². The topological polar surface area (TPSA) is 44.1 Å². The maximum Gasteiger partial charge on any atom is 0.0634 e. The second kappa shape index (κ2) is 18.0. The summed E-state index contributed by atoms with van der Waals surface area (Å²) >= 11 is 0. The van der Waals surface area contributed by atoms with Gasteiger partial charge >= 0.3 is 0 Å². The Morgan fingerprint density at radius 2 is 1.34 bits per heavy atom. The van der Waals surface area contributed by atoms with Crippen LogP contribution in [-0.2, 0) is 0 Å². The number of aromatic nitrogens is 1. The van der Waals surface area contributed by atoms with Crippen molar-refractivity contribution in [2.75, 3.05) is 10.2 Å². The molecule has 0 amide bonds. The highest BCUT2D eigenvalue weighted by atomic mass is 15.1. The summed E-state index contributed by atoms with van der Waals surface area (Å²) in [7, 11) is 0. The van der Waals surface area contributed by atoms with Crippen LogP contribution in [0.2, 0.25) is 0 Å². The number of allylic oxidation sites excluding steroid dienone is 8. The number of nitrogens with one attached hydrogen (secondary N) is 2. The van der Waals surface area contributed by atoms with Crippen LogP contribution in [0.1, 0.15) is 20.3 Å². The third-order valence-corrected chi connectivity index (χ3v) is 8.93. The lowest BCUT2D eigenvalue weighted by molar-refractivity contribution is 0.737. The Labute approximate surface area is 313 Å². The van der Waals surface area contributed by atoms with Gasteiger partial charge in [-0.15, -0.1) is 0 Å². The van der Waals surface area contributed by atoms with Gasteiger partial charge in [-0.05, 0) is 98.1 Å². The largest absolute Gasteiger partial charge is 0.361 e. The average molecular weight is 691 g/mol. The van der Waals surface area contributed by atoms with E-state index in [-0.39, 0.29) is 0 Å². The highest BCUT2D eigenvalue weighted by Gasteiger charge is 2.16. The SMILES string of the molecule is C=C/C=C\C.CC1C=CC=CC1.N=C1C=c2c(n(-c3ccc(N(c4ccccc4)c4ccccc4)cc3)c3ccccc23)=C/C1=C/Nc1ccccc1. The molecule has 0 fully saturated rings. The zero-order valence-corrected chi connectivity index (χ0v) is 30.4. The zero-order valence-electron chi connectivity index (χ0n) is 30.4. The molecule has 5 aromatic carbocycles. The highest BCUT2D eigenvalue weighted by molar-refractivity contribution is 6.25. The van der Waals surface area contributed by atoms with Gasteiger partial charge in [0.1, 0.15) is 0 Å². The fourth-order valence-corrected chi connectivity index (χ4v) is 6.32. The van der Waals surface area contributed by atoms with Crippen LogP contribution in [0.15, 0.2) is 200 Å². The van der Waals surface area contributed by atoms with E-state index in [0.29, 0.717) is 5.71 Å². The molecule has 0 aliphatic heterocycles. The quantitative estimate of drug-likeness (QED) is 0.164. The van der Waals surface area contributed by atoms with Crippen LogP contribution in [0.5, 0.6) is 0 Å². The number of para-hydroxylation sites is 4. The van der Waals surface area contributed by atoms with Crippen molar-refractivity contribution < 1.29 is 0 Å². The van der Waals surface area contributed by atoms with Crippen LogP contribution in [0.4, 0.5) is 22.7 Å². The van der Waals surface area contributed by atoms with Crippen molar-refractivity contribution in [2.45, 2.75) is 20.3 Å². The lowest BCUT2D eigenvalue weighted by Crippen LogP contribution is -2.33. The van der Waals surface area contributed by atoms with Gasteiger partial charge in [-0.3, -0.25) is 0 Å². The molecule has 0 radical (unpaired) electrons. The van der Waals surface area contributed by atoms with Crippen LogP contribution in [0.25, 0.3) is 28.7 Å². The molecule has 262 valence electrons. The average Bonchev–Trinajstić information content (AvgIpc) is 3.52. The lowest BCUT2D eigenvalue weighted by atomic mass is 10.0. The van der Waals surface area contributed by atoms with E-state index in [1.165, 1.54) is 6.42 Å². The molecule has 1 unspecified atom stereocenters. The van der Waals surface area contributed by atoms with Crippen molar-refractivity contribution in [1.82, 2.24) is 4.57 Å². The number of benzene rings is 5. The van der Waals surface area contributed by atoms with E-state index in [2.05, 4.69) is 156 Å². The van der Waals surface area contributed by atoms with Gasteiger partial charge in [0.25, 0.3) is 0 Å². The van der Waals surface area contributed by atoms with Gasteiger partial charge in [0, 0.05) is 50.8 Å². The van der Waals surface area contributed by atoms with Crippen molar-refractivity contribution in [3.05, 3.63) is 211 Å². The van der Waals surface area contributed by atoms with Crippen LogP contribution in [-0.4, -0.2) is 10.3 Å². The van der Waals surface area contributed by atoms with Crippen molar-refractivity contribution in [1.29, 1.82) is 5.41 Å². The summed E-state index contributed by atoms with van der Waals surface area (Å²) in [6, 6.07) is 48.1. The molecule has 53 heavy (non-hydrogen) atoms. The molecule has 2 N–H and O–H groups in total. The summed E-state index contributed by atoms with van der Waals surface area (Å²) in [6.07, 6.45) is 21.4. The normalized spacial score (nSPS) is 14.9. The lowest BCUT2D eigenvalue weighted by Gasteiger charge is -2.25. The molecule has 8 rings (SSSR count). The minimum absolute atomic E-state index is 0.487. The molecule has 4 nitrogen and oxygen atoms in total. The standard InChI is InChI=1S/C37H28N4.C7H10.C5H8/c38-35-25-34-33-18-10-11-19-36(33)41(37(34)24-27(35)26-39-28-12-4-1-5-13-28)32-22-20-31(21-23-32)40(29-14-6-2-7-15-29)30-16-8-3-9-17-30;1-7-5-3-2-4-6-7;1-3-5-4-2/h1-26,38-39H;2-5,7H,6H2,1H3;3-5H,1H2,2H3/b27-26-,38-35?;;5-4-. The van der Waals surface area contributed by atoms with Gasteiger partial charge in [-0.2, -0.15) is 0 Å². The zero-order chi connectivity index (χ0) is 36.8. The molecule has 1 atom stereocenters. The second-order valence-electron chi connectivity index (χ2n) is 12.8. The van der Waals surface area contributed by atoms with E-state index >= 15 is 0 Å². The molecule has 1 heterocycles. The van der Waals surface area contributed by atoms with E-state index in [1.54, 1.807) is 6.08 Å². The number of hydrogen-bond donors (Lipinski definition) is 2. The van der Waals surface area contributed by atoms with E-state index in [9.17, 15) is 0 Å². The molecular weight excluding hydrogens is 645 g/mol. The first kappa shape index (κ1) is 36.2. The molecular formula is C49H46N4. The van der Waals surface area contributed by atoms with Gasteiger partial charge in [-0.1, -0.05) is 129 Å². The maximum absolute atomic E-state index is 8.76. The number of fused-ring (bicyclic) bond motifs is 3. The summed E-state index contributed by atoms with van der Waals surface area (Å²) in [5.41, 5.74) is 7.80. The summed E-state index contributed by atoms with van der Waals surface area (Å²) in [4.78, 5) is 2.27. The number of rotatable bonds is 7. The molecule has 2 aliphatic rings. The van der Waals surface area contributed by atoms with E-state index in [1.807, 2.05) is 73.8 Å². The molecule has 2 aliphatic carbocycles. The number of anilines is 4. The Kier molecular flexibility index (Phi) is 12.3. The Morgan fingerprint density at radius 3 is 1.89 bits per heavy atom. The molecule has 0 spiro atoms. The summed E-state index contributed by atoms with van der Waals surface area (Å²) in [6.45, 7) is 7.65. The third-order valence-electron chi connectivity index (χ3n) is 8.93. The van der Waals surface area contributed by atoms with Crippen LogP contribution in [0.3, 0.4) is 0 Å². The smallest absolute Gasteiger partial charge is 0.0634 e. The summed E-state index contributed by atoms with van der Waals surface area (Å²) in [5, 5.41) is 15.4. The van der Waals surface area contributed by atoms with Crippen molar-refractivity contribution in [3.8, 4) is 5.69 Å². The number of nitrogens with zero attached hydrogens (tertiary/aromatic N) is 2. The predicted octanol–water partition coefficient (Wildman–Crippen LogP) is 11.6. The van der Waals surface area contributed by atoms with Crippen molar-refractivity contribution >= 4 is 51.5 Å². The fraction of sp³-hybridized carbons (Fsp3) is 0.0816. The first-order chi connectivity index (χ1) is 26.1. The Hall–Kier alpha value is -6.65. The second-order valence-corrected chi connectivity index (χ2v) is 12.8. The Balaban J connectivity index is 0.000000344. The van der Waals surface area contributed by atoms with Crippen LogP contribution in [0, 0.1) is 11.3 Å². The molecule has 6 aromatic rings. The minimum atomic E-state index is 0.487. The van der Waals surface area contributed by atoms with Gasteiger partial charge in [0.15, 0.2) is 0 Å². The van der Waals surface area contributed by atoms with Gasteiger partial charge < -0.3 is 20.2 Å². The summed E-state index contributed by atoms with van der Waals surface area (Å²) in [5.74, 6) is 0.769. The van der Waals surface area contributed by atoms with E-state index in [0.717, 1.165) is 61.4 Å². The highest BCUT2D eigenvalue weighted by Crippen LogP contribution is 2.34. The van der Waals surface area contributed by atoms with E-state index in [4.69, 9.17) is 5.41 Å². The van der Waals surface area contributed by atoms with E-state index < -0.39 is 0 Å². The molecule has 4 heteroatoms. The molecule has 0 saturated heterocycles. The van der Waals surface area contributed by atoms with Crippen molar-refractivity contribution in [2.24, 2.45) is 5.92 Å². The molecule has 0 bridgehead atoms. The molecule has 1 aromatic heterocycles. The van der Waals surface area contributed by atoms with Crippen LogP contribution < -0.4 is 20.8 Å². The summed E-state index contributed by atoms with van der Waals surface area (Å²) < 4.78 is 2.29. The Bertz CT molecular complexity index is 2340. The minimum Gasteiger partial charge on any atom is -0.361 e.